The molecule has 2 aliphatic heterocycles. The molecule has 35 heavy (non-hydrogen) atoms. The van der Waals surface area contributed by atoms with Gasteiger partial charge in [-0.3, -0.25) is 9.59 Å². The fourth-order valence-corrected chi connectivity index (χ4v) is 5.52. The van der Waals surface area contributed by atoms with Crippen LogP contribution in [0.25, 0.3) is 0 Å². The van der Waals surface area contributed by atoms with Crippen molar-refractivity contribution >= 4 is 17.5 Å². The van der Waals surface area contributed by atoms with Crippen LogP contribution in [-0.2, 0) is 11.3 Å². The summed E-state index contributed by atoms with van der Waals surface area (Å²) in [5.41, 5.74) is 5.33. The van der Waals surface area contributed by atoms with E-state index in [1.54, 1.807) is 6.07 Å². The zero-order chi connectivity index (χ0) is 24.2. The highest BCUT2D eigenvalue weighted by Gasteiger charge is 2.51. The Balaban J connectivity index is 1.28. The molecule has 1 aromatic carbocycles. The van der Waals surface area contributed by atoms with Gasteiger partial charge in [0.05, 0.1) is 17.9 Å². The van der Waals surface area contributed by atoms with Crippen LogP contribution in [0, 0.1) is 23.2 Å². The first-order valence-electron chi connectivity index (χ1n) is 12.3. The molecule has 10 nitrogen and oxygen atoms in total. The number of fused-ring (bicyclic) bond motifs is 1. The lowest BCUT2D eigenvalue weighted by molar-refractivity contribution is -0.128. The third-order valence-corrected chi connectivity index (χ3v) is 7.18. The van der Waals surface area contributed by atoms with Crippen LogP contribution in [0.2, 0.25) is 0 Å². The third-order valence-electron chi connectivity index (χ3n) is 7.18. The number of carbonyl (C=O) groups is 2. The van der Waals surface area contributed by atoms with Gasteiger partial charge in [0.25, 0.3) is 5.91 Å². The van der Waals surface area contributed by atoms with Gasteiger partial charge in [0.15, 0.2) is 0 Å². The van der Waals surface area contributed by atoms with Gasteiger partial charge in [-0.15, -0.1) is 0 Å². The Bertz CT molecular complexity index is 1100. The summed E-state index contributed by atoms with van der Waals surface area (Å²) < 4.78 is 0. The van der Waals surface area contributed by atoms with Gasteiger partial charge >= 0.3 is 0 Å². The van der Waals surface area contributed by atoms with Gasteiger partial charge in [0.1, 0.15) is 6.17 Å². The highest BCUT2D eigenvalue weighted by atomic mass is 16.2. The maximum Gasteiger partial charge on any atom is 0.289 e. The molecule has 1 aliphatic carbocycles. The number of aromatic nitrogens is 2. The fraction of sp³-hybridized carbons (Fsp3) is 0.480. The van der Waals surface area contributed by atoms with Crippen LogP contribution in [0.15, 0.2) is 42.7 Å². The average molecular weight is 475 g/mol. The molecule has 0 bridgehead atoms. The lowest BCUT2D eigenvalue weighted by atomic mass is 9.83. The number of piperidine rings is 1. The number of hydrogen-bond acceptors (Lipinski definition) is 8. The molecule has 4 N–H and O–H groups in total. The zero-order valence-corrected chi connectivity index (χ0v) is 19.5. The summed E-state index contributed by atoms with van der Waals surface area (Å²) in [6.07, 6.45) is 7.68. The Morgan fingerprint density at radius 2 is 1.97 bits per heavy atom. The van der Waals surface area contributed by atoms with Crippen LogP contribution in [0.3, 0.4) is 0 Å². The van der Waals surface area contributed by atoms with Crippen molar-refractivity contribution in [3.63, 3.8) is 0 Å². The number of nitrogens with zero attached hydrogens (tertiary/aromatic N) is 4. The first-order valence-corrected chi connectivity index (χ1v) is 12.3. The second kappa shape index (κ2) is 10.4. The first-order chi connectivity index (χ1) is 17.1. The van der Waals surface area contributed by atoms with Crippen LogP contribution in [-0.4, -0.2) is 51.6 Å². The topological polar surface area (TPSA) is 135 Å². The van der Waals surface area contributed by atoms with E-state index in [-0.39, 0.29) is 47.7 Å². The molecule has 1 aromatic heterocycles. The van der Waals surface area contributed by atoms with Crippen LogP contribution >= 0.6 is 0 Å². The molecule has 5 atom stereocenters. The summed E-state index contributed by atoms with van der Waals surface area (Å²) in [6, 6.07) is 12.1. The van der Waals surface area contributed by atoms with Gasteiger partial charge in [-0.05, 0) is 43.0 Å². The number of amides is 2. The summed E-state index contributed by atoms with van der Waals surface area (Å²) >= 11 is 0. The van der Waals surface area contributed by atoms with Gasteiger partial charge in [0, 0.05) is 43.3 Å². The van der Waals surface area contributed by atoms with Gasteiger partial charge in [-0.2, -0.15) is 5.26 Å². The normalized spacial score (nSPS) is 28.4. The lowest BCUT2D eigenvalue weighted by Crippen LogP contribution is -2.54. The standard InChI is InChI=1S/C25H30N8O2/c26-14-17-6-1-2-8-19(17)33-20-9-12-29-24(34)21(20)22(32-33)31-18-7-3-5-16(13-18)15-30-25(35)23-27-10-4-11-28-23/h3-5,7,10-11,13,17,19-22,31-32H,1-2,6,8-9,12,15H2,(H,29,34)(H,30,35)/t17-,19+,20?,21?,22?/m1/s1. The molecule has 182 valence electrons. The molecule has 3 aliphatic rings. The number of nitriles is 1. The summed E-state index contributed by atoms with van der Waals surface area (Å²) in [5, 5.41) is 21.3. The van der Waals surface area contributed by atoms with Crippen molar-refractivity contribution in [2.75, 3.05) is 11.9 Å². The van der Waals surface area contributed by atoms with Gasteiger partial charge in [0.2, 0.25) is 11.7 Å². The number of rotatable bonds is 6. The van der Waals surface area contributed by atoms with Crippen LogP contribution in [0.5, 0.6) is 0 Å². The third kappa shape index (κ3) is 4.97. The van der Waals surface area contributed by atoms with E-state index in [2.05, 4.69) is 42.4 Å². The minimum Gasteiger partial charge on any atom is -0.368 e. The second-order valence-electron chi connectivity index (χ2n) is 9.37. The molecule has 2 aromatic rings. The number of carbonyl (C=O) groups excluding carboxylic acids is 2. The Kier molecular flexibility index (Phi) is 6.88. The molecular formula is C25H30N8O2. The number of hydrazine groups is 1. The van der Waals surface area contributed by atoms with Crippen molar-refractivity contribution < 1.29 is 9.59 Å². The highest BCUT2D eigenvalue weighted by Crippen LogP contribution is 2.36. The van der Waals surface area contributed by atoms with Crippen molar-refractivity contribution in [3.05, 3.63) is 54.1 Å². The SMILES string of the molecule is N#C[C@H]1CCCC[C@@H]1N1NC(Nc2cccc(CNC(=O)c3ncccn3)c2)C2C(=O)NCCC21. The van der Waals surface area contributed by atoms with E-state index in [1.807, 2.05) is 24.3 Å². The fourth-order valence-electron chi connectivity index (χ4n) is 5.52. The van der Waals surface area contributed by atoms with Crippen molar-refractivity contribution in [1.29, 1.82) is 5.26 Å². The van der Waals surface area contributed by atoms with Gasteiger partial charge < -0.3 is 16.0 Å². The predicted octanol–water partition coefficient (Wildman–Crippen LogP) is 1.55. The Labute approximate surface area is 204 Å². The zero-order valence-electron chi connectivity index (χ0n) is 19.5. The molecule has 0 spiro atoms. The van der Waals surface area contributed by atoms with Crippen molar-refractivity contribution in [1.82, 2.24) is 31.0 Å². The van der Waals surface area contributed by atoms with E-state index in [4.69, 9.17) is 0 Å². The van der Waals surface area contributed by atoms with E-state index < -0.39 is 0 Å². The molecule has 0 radical (unpaired) electrons. The smallest absolute Gasteiger partial charge is 0.289 e. The quantitative estimate of drug-likeness (QED) is 0.495. The van der Waals surface area contributed by atoms with E-state index in [0.29, 0.717) is 13.1 Å². The molecule has 3 heterocycles. The maximum absolute atomic E-state index is 12.9. The molecule has 3 fully saturated rings. The second-order valence-corrected chi connectivity index (χ2v) is 9.37. The molecule has 10 heteroatoms. The highest BCUT2D eigenvalue weighted by molar-refractivity contribution is 5.90. The predicted molar refractivity (Wildman–Crippen MR) is 128 cm³/mol. The minimum absolute atomic E-state index is 0.0267. The largest absolute Gasteiger partial charge is 0.368 e. The molecule has 3 unspecified atom stereocenters. The van der Waals surface area contributed by atoms with Crippen molar-refractivity contribution in [3.8, 4) is 6.07 Å². The van der Waals surface area contributed by atoms with Gasteiger partial charge in [-0.1, -0.05) is 25.0 Å². The Morgan fingerprint density at radius 3 is 2.80 bits per heavy atom. The molecule has 2 amide bonds. The summed E-state index contributed by atoms with van der Waals surface area (Å²) in [7, 11) is 0. The summed E-state index contributed by atoms with van der Waals surface area (Å²) in [4.78, 5) is 33.1. The molecule has 2 saturated heterocycles. The lowest BCUT2D eigenvalue weighted by Gasteiger charge is -2.39. The maximum atomic E-state index is 12.9. The molecular weight excluding hydrogens is 444 g/mol. The van der Waals surface area contributed by atoms with Gasteiger partial charge in [-0.25, -0.2) is 20.4 Å². The Hall–Kier alpha value is -3.55. The van der Waals surface area contributed by atoms with Crippen LogP contribution in [0.4, 0.5) is 5.69 Å². The monoisotopic (exact) mass is 474 g/mol. The molecule has 1 saturated carbocycles. The first kappa shape index (κ1) is 23.2. The van der Waals surface area contributed by atoms with E-state index in [1.165, 1.54) is 12.4 Å². The van der Waals surface area contributed by atoms with E-state index in [0.717, 1.165) is 43.4 Å². The van der Waals surface area contributed by atoms with E-state index in [9.17, 15) is 14.9 Å². The average Bonchev–Trinajstić information content (AvgIpc) is 3.27. The summed E-state index contributed by atoms with van der Waals surface area (Å²) in [6.45, 7) is 0.977. The Morgan fingerprint density at radius 1 is 1.14 bits per heavy atom. The van der Waals surface area contributed by atoms with Crippen LogP contribution in [0.1, 0.15) is 48.3 Å². The van der Waals surface area contributed by atoms with Crippen molar-refractivity contribution in [2.45, 2.75) is 56.9 Å². The molecule has 5 rings (SSSR count). The van der Waals surface area contributed by atoms with Crippen molar-refractivity contribution in [2.24, 2.45) is 11.8 Å². The number of nitrogens with one attached hydrogen (secondary N) is 4. The minimum atomic E-state index is -0.335. The number of benzene rings is 1. The van der Waals surface area contributed by atoms with Crippen LogP contribution < -0.4 is 21.4 Å². The number of hydrogen-bond donors (Lipinski definition) is 4. The van der Waals surface area contributed by atoms with E-state index >= 15 is 0 Å². The summed E-state index contributed by atoms with van der Waals surface area (Å²) in [5.74, 6) is -0.461. The number of anilines is 1.